The zero-order chi connectivity index (χ0) is 11.7. The molecule has 1 aromatic heterocycles. The SMILES string of the molecule is Nc1nc2ccccc2n1Oc1ccccc1. The summed E-state index contributed by atoms with van der Waals surface area (Å²) >= 11 is 0. The number of aromatic nitrogens is 2. The lowest BCUT2D eigenvalue weighted by molar-refractivity contribution is 0.233. The van der Waals surface area contributed by atoms with Gasteiger partial charge >= 0.3 is 0 Å². The molecule has 0 aliphatic heterocycles. The molecule has 0 aliphatic rings. The van der Waals surface area contributed by atoms with Crippen molar-refractivity contribution in [2.75, 3.05) is 5.73 Å². The Balaban J connectivity index is 2.08. The first-order valence-electron chi connectivity index (χ1n) is 5.31. The molecule has 0 unspecified atom stereocenters. The molecule has 2 N–H and O–H groups in total. The van der Waals surface area contributed by atoms with Crippen molar-refractivity contribution in [2.45, 2.75) is 0 Å². The normalized spacial score (nSPS) is 10.6. The minimum absolute atomic E-state index is 0.343. The predicted molar refractivity (Wildman–Crippen MR) is 66.6 cm³/mol. The van der Waals surface area contributed by atoms with E-state index in [1.165, 1.54) is 4.73 Å². The summed E-state index contributed by atoms with van der Waals surface area (Å²) in [7, 11) is 0. The lowest BCUT2D eigenvalue weighted by Crippen LogP contribution is -2.08. The summed E-state index contributed by atoms with van der Waals surface area (Å²) in [5.74, 6) is 1.07. The minimum Gasteiger partial charge on any atom is -0.372 e. The molecule has 3 rings (SSSR count). The van der Waals surface area contributed by atoms with Crippen LogP contribution in [-0.2, 0) is 0 Å². The summed E-state index contributed by atoms with van der Waals surface area (Å²) in [6.45, 7) is 0. The molecule has 0 saturated carbocycles. The second-order valence-corrected chi connectivity index (χ2v) is 3.66. The fraction of sp³-hybridized carbons (Fsp3) is 0. The van der Waals surface area contributed by atoms with Gasteiger partial charge in [-0.1, -0.05) is 30.3 Å². The van der Waals surface area contributed by atoms with Gasteiger partial charge in [-0.3, -0.25) is 0 Å². The van der Waals surface area contributed by atoms with Gasteiger partial charge in [-0.25, -0.2) is 4.98 Å². The van der Waals surface area contributed by atoms with Crippen molar-refractivity contribution in [3.8, 4) is 5.75 Å². The van der Waals surface area contributed by atoms with Crippen LogP contribution in [0.2, 0.25) is 0 Å². The van der Waals surface area contributed by atoms with Crippen LogP contribution in [-0.4, -0.2) is 9.71 Å². The minimum atomic E-state index is 0.343. The Labute approximate surface area is 98.2 Å². The van der Waals surface area contributed by atoms with Crippen LogP contribution in [0.1, 0.15) is 0 Å². The van der Waals surface area contributed by atoms with Crippen LogP contribution in [0.15, 0.2) is 54.6 Å². The fourth-order valence-corrected chi connectivity index (χ4v) is 1.71. The highest BCUT2D eigenvalue weighted by Crippen LogP contribution is 2.19. The Morgan fingerprint density at radius 2 is 1.65 bits per heavy atom. The average Bonchev–Trinajstić information content (AvgIpc) is 2.68. The summed E-state index contributed by atoms with van der Waals surface area (Å²) in [6, 6.07) is 17.1. The summed E-state index contributed by atoms with van der Waals surface area (Å²) in [5.41, 5.74) is 7.50. The van der Waals surface area contributed by atoms with Gasteiger partial charge in [0.25, 0.3) is 0 Å². The quantitative estimate of drug-likeness (QED) is 0.728. The number of hydrogen-bond acceptors (Lipinski definition) is 3. The third-order valence-corrected chi connectivity index (χ3v) is 2.48. The maximum absolute atomic E-state index is 5.83. The van der Waals surface area contributed by atoms with Crippen LogP contribution >= 0.6 is 0 Å². The van der Waals surface area contributed by atoms with Gasteiger partial charge in [0.05, 0.1) is 5.52 Å². The van der Waals surface area contributed by atoms with Crippen molar-refractivity contribution >= 4 is 17.0 Å². The van der Waals surface area contributed by atoms with Gasteiger partial charge < -0.3 is 10.6 Å². The second-order valence-electron chi connectivity index (χ2n) is 3.66. The predicted octanol–water partition coefficient (Wildman–Crippen LogP) is 2.46. The van der Waals surface area contributed by atoms with Gasteiger partial charge in [0.1, 0.15) is 5.52 Å². The molecule has 0 saturated heterocycles. The highest BCUT2D eigenvalue weighted by molar-refractivity contribution is 5.77. The smallest absolute Gasteiger partial charge is 0.235 e. The Morgan fingerprint density at radius 1 is 0.941 bits per heavy atom. The second kappa shape index (κ2) is 3.83. The molecule has 0 radical (unpaired) electrons. The zero-order valence-electron chi connectivity index (χ0n) is 9.08. The standard InChI is InChI=1S/C13H11N3O/c14-13-15-11-8-4-5-9-12(11)16(13)17-10-6-2-1-3-7-10/h1-9H,(H2,14,15). The van der Waals surface area contributed by atoms with E-state index in [0.29, 0.717) is 5.95 Å². The lowest BCUT2D eigenvalue weighted by Gasteiger charge is -2.07. The third-order valence-electron chi connectivity index (χ3n) is 2.48. The van der Waals surface area contributed by atoms with Crippen LogP contribution in [0.4, 0.5) is 5.95 Å². The van der Waals surface area contributed by atoms with Gasteiger partial charge in [-0.2, -0.15) is 0 Å². The molecule has 4 heteroatoms. The van der Waals surface area contributed by atoms with Crippen LogP contribution in [0.5, 0.6) is 5.75 Å². The largest absolute Gasteiger partial charge is 0.372 e. The molecule has 0 aliphatic carbocycles. The first kappa shape index (κ1) is 9.72. The first-order chi connectivity index (χ1) is 8.34. The number of fused-ring (bicyclic) bond motifs is 1. The van der Waals surface area contributed by atoms with Crippen LogP contribution in [0.25, 0.3) is 11.0 Å². The van der Waals surface area contributed by atoms with E-state index < -0.39 is 0 Å². The Kier molecular flexibility index (Phi) is 2.19. The number of benzene rings is 2. The molecule has 0 atom stereocenters. The van der Waals surface area contributed by atoms with Crippen molar-refractivity contribution < 1.29 is 4.84 Å². The summed E-state index contributed by atoms with van der Waals surface area (Å²) in [5, 5.41) is 0. The molecule has 17 heavy (non-hydrogen) atoms. The van der Waals surface area contributed by atoms with E-state index in [1.54, 1.807) is 0 Å². The fourth-order valence-electron chi connectivity index (χ4n) is 1.71. The third kappa shape index (κ3) is 1.69. The molecular formula is C13H11N3O. The van der Waals surface area contributed by atoms with Gasteiger partial charge in [-0.15, -0.1) is 4.73 Å². The van der Waals surface area contributed by atoms with Crippen molar-refractivity contribution in [2.24, 2.45) is 0 Å². The van der Waals surface area contributed by atoms with Crippen molar-refractivity contribution in [3.63, 3.8) is 0 Å². The highest BCUT2D eigenvalue weighted by Gasteiger charge is 2.08. The number of nitrogens with zero attached hydrogens (tertiary/aromatic N) is 2. The number of rotatable bonds is 2. The molecule has 4 nitrogen and oxygen atoms in total. The maximum Gasteiger partial charge on any atom is 0.235 e. The van der Waals surface area contributed by atoms with Crippen molar-refractivity contribution in [3.05, 3.63) is 54.6 Å². The maximum atomic E-state index is 5.83. The van der Waals surface area contributed by atoms with E-state index in [4.69, 9.17) is 10.6 Å². The highest BCUT2D eigenvalue weighted by atomic mass is 16.7. The number of anilines is 1. The van der Waals surface area contributed by atoms with Gasteiger partial charge in [0, 0.05) is 0 Å². The lowest BCUT2D eigenvalue weighted by atomic mass is 10.3. The van der Waals surface area contributed by atoms with E-state index >= 15 is 0 Å². The summed E-state index contributed by atoms with van der Waals surface area (Å²) < 4.78 is 1.53. The molecule has 84 valence electrons. The summed E-state index contributed by atoms with van der Waals surface area (Å²) in [4.78, 5) is 9.92. The van der Waals surface area contributed by atoms with Gasteiger partial charge in [0.2, 0.25) is 5.95 Å². The Bertz CT molecular complexity index is 646. The number of imidazole rings is 1. The number of nitrogen functional groups attached to an aromatic ring is 1. The van der Waals surface area contributed by atoms with E-state index in [2.05, 4.69) is 4.98 Å². The van der Waals surface area contributed by atoms with Crippen molar-refractivity contribution in [1.29, 1.82) is 0 Å². The van der Waals surface area contributed by atoms with E-state index in [9.17, 15) is 0 Å². The molecule has 0 spiro atoms. The molecule has 0 bridgehead atoms. The summed E-state index contributed by atoms with van der Waals surface area (Å²) in [6.07, 6.45) is 0. The van der Waals surface area contributed by atoms with Gasteiger partial charge in [-0.05, 0) is 24.3 Å². The topological polar surface area (TPSA) is 53.1 Å². The van der Waals surface area contributed by atoms with E-state index in [0.717, 1.165) is 16.8 Å². The van der Waals surface area contributed by atoms with Crippen LogP contribution < -0.4 is 10.6 Å². The van der Waals surface area contributed by atoms with Crippen LogP contribution in [0.3, 0.4) is 0 Å². The number of nitrogens with two attached hydrogens (primary N) is 1. The average molecular weight is 225 g/mol. The number of para-hydroxylation sites is 3. The van der Waals surface area contributed by atoms with Crippen molar-refractivity contribution in [1.82, 2.24) is 9.71 Å². The Hall–Kier alpha value is -2.49. The molecule has 1 heterocycles. The molecule has 3 aromatic rings. The molecule has 2 aromatic carbocycles. The van der Waals surface area contributed by atoms with Gasteiger partial charge in [0.15, 0.2) is 5.75 Å². The molecular weight excluding hydrogens is 214 g/mol. The monoisotopic (exact) mass is 225 g/mol. The molecule has 0 amide bonds. The molecule has 0 fully saturated rings. The van der Waals surface area contributed by atoms with E-state index in [1.807, 2.05) is 54.6 Å². The first-order valence-corrected chi connectivity index (χ1v) is 5.31. The van der Waals surface area contributed by atoms with Crippen LogP contribution in [0, 0.1) is 0 Å². The Morgan fingerprint density at radius 3 is 2.47 bits per heavy atom. The number of hydrogen-bond donors (Lipinski definition) is 1. The zero-order valence-corrected chi connectivity index (χ0v) is 9.08. The van der Waals surface area contributed by atoms with E-state index in [-0.39, 0.29) is 0 Å².